The lowest BCUT2D eigenvalue weighted by atomic mass is 10.1. The number of amides is 1. The van der Waals surface area contributed by atoms with Gasteiger partial charge in [-0.05, 0) is 30.5 Å². The van der Waals surface area contributed by atoms with Gasteiger partial charge in [0.2, 0.25) is 5.91 Å². The van der Waals surface area contributed by atoms with Gasteiger partial charge in [0.25, 0.3) is 0 Å². The first kappa shape index (κ1) is 16.0. The van der Waals surface area contributed by atoms with E-state index >= 15 is 0 Å². The van der Waals surface area contributed by atoms with Crippen LogP contribution in [0.3, 0.4) is 0 Å². The average Bonchev–Trinajstić information content (AvgIpc) is 2.85. The van der Waals surface area contributed by atoms with E-state index in [1.165, 1.54) is 4.90 Å². The van der Waals surface area contributed by atoms with Crippen molar-refractivity contribution in [1.82, 2.24) is 14.5 Å². The first-order valence-electron chi connectivity index (χ1n) is 7.33. The molecule has 2 aromatic rings. The molecule has 1 N–H and O–H groups in total. The van der Waals surface area contributed by atoms with Crippen LogP contribution in [0.15, 0.2) is 24.5 Å². The number of hydrogen-bond acceptors (Lipinski definition) is 3. The molecule has 1 aromatic heterocycles. The summed E-state index contributed by atoms with van der Waals surface area (Å²) in [6.45, 7) is 0.258. The molecule has 1 amide bonds. The molecule has 0 radical (unpaired) electrons. The number of carbonyl (C=O) groups is 2. The molecule has 1 aromatic carbocycles. The van der Waals surface area contributed by atoms with Crippen molar-refractivity contribution in [2.75, 3.05) is 13.6 Å². The number of benzene rings is 1. The molecule has 0 saturated heterocycles. The van der Waals surface area contributed by atoms with Gasteiger partial charge in [-0.15, -0.1) is 0 Å². The van der Waals surface area contributed by atoms with Crippen LogP contribution in [0.5, 0.6) is 0 Å². The number of aliphatic carboxylic acids is 1. The van der Waals surface area contributed by atoms with Crippen LogP contribution in [0.2, 0.25) is 0 Å². The van der Waals surface area contributed by atoms with Crippen LogP contribution in [0, 0.1) is 0 Å². The van der Waals surface area contributed by atoms with Crippen molar-refractivity contribution < 1.29 is 14.7 Å². The molecule has 0 unspecified atom stereocenters. The molecule has 0 aliphatic heterocycles. The van der Waals surface area contributed by atoms with Gasteiger partial charge in [0.15, 0.2) is 0 Å². The van der Waals surface area contributed by atoms with Gasteiger partial charge >= 0.3 is 5.97 Å². The number of imidazole rings is 1. The Hall–Kier alpha value is -2.37. The van der Waals surface area contributed by atoms with Crippen molar-refractivity contribution in [2.24, 2.45) is 7.05 Å². The van der Waals surface area contributed by atoms with E-state index in [9.17, 15) is 9.59 Å². The highest BCUT2D eigenvalue weighted by molar-refractivity contribution is 5.77. The van der Waals surface area contributed by atoms with E-state index in [1.807, 2.05) is 23.7 Å². The van der Waals surface area contributed by atoms with Crippen molar-refractivity contribution in [3.05, 3.63) is 30.1 Å². The number of rotatable bonds is 7. The molecule has 0 aliphatic rings. The van der Waals surface area contributed by atoms with Crippen LogP contribution in [0.1, 0.15) is 24.8 Å². The standard InChI is InChI=1S/C16H21N3O3/c1-18(9-8-16(21)22)15(20)5-3-4-12-6-7-14-13(10-12)17-11-19(14)2/h6-7,10-11H,3-5,8-9H2,1-2H3,(H,21,22). The normalized spacial score (nSPS) is 10.8. The minimum atomic E-state index is -0.886. The van der Waals surface area contributed by atoms with E-state index in [1.54, 1.807) is 13.4 Å². The molecule has 2 rings (SSSR count). The van der Waals surface area contributed by atoms with Crippen LogP contribution in [-0.4, -0.2) is 45.0 Å². The Morgan fingerprint density at radius 1 is 1.32 bits per heavy atom. The Morgan fingerprint density at radius 2 is 2.09 bits per heavy atom. The fraction of sp³-hybridized carbons (Fsp3) is 0.438. The number of fused-ring (bicyclic) bond motifs is 1. The first-order chi connectivity index (χ1) is 10.5. The van der Waals surface area contributed by atoms with E-state index < -0.39 is 5.97 Å². The molecular formula is C16H21N3O3. The summed E-state index contributed by atoms with van der Waals surface area (Å²) in [7, 11) is 3.60. The molecule has 0 spiro atoms. The fourth-order valence-corrected chi connectivity index (χ4v) is 2.36. The number of hydrogen-bond donors (Lipinski definition) is 1. The maximum atomic E-state index is 11.9. The summed E-state index contributed by atoms with van der Waals surface area (Å²) in [6.07, 6.45) is 3.75. The molecule has 1 heterocycles. The van der Waals surface area contributed by atoms with E-state index in [0.717, 1.165) is 29.4 Å². The van der Waals surface area contributed by atoms with Gasteiger partial charge in [-0.1, -0.05) is 6.07 Å². The van der Waals surface area contributed by atoms with Gasteiger partial charge in [0, 0.05) is 27.1 Å². The van der Waals surface area contributed by atoms with Crippen molar-refractivity contribution in [3.8, 4) is 0 Å². The summed E-state index contributed by atoms with van der Waals surface area (Å²) in [6, 6.07) is 6.15. The summed E-state index contributed by atoms with van der Waals surface area (Å²) in [4.78, 5) is 28.2. The van der Waals surface area contributed by atoms with Gasteiger partial charge in [-0.3, -0.25) is 9.59 Å². The third-order valence-corrected chi connectivity index (χ3v) is 3.73. The van der Waals surface area contributed by atoms with Crippen molar-refractivity contribution in [3.63, 3.8) is 0 Å². The van der Waals surface area contributed by atoms with Crippen LogP contribution < -0.4 is 0 Å². The van der Waals surface area contributed by atoms with Crippen molar-refractivity contribution in [2.45, 2.75) is 25.7 Å². The Kier molecular flexibility index (Phi) is 5.14. The smallest absolute Gasteiger partial charge is 0.305 e. The van der Waals surface area contributed by atoms with Crippen LogP contribution >= 0.6 is 0 Å². The molecule has 6 heteroatoms. The lowest BCUT2D eigenvalue weighted by Crippen LogP contribution is -2.28. The number of aryl methyl sites for hydroxylation is 2. The molecular weight excluding hydrogens is 282 g/mol. The second-order valence-electron chi connectivity index (χ2n) is 5.49. The van der Waals surface area contributed by atoms with Crippen molar-refractivity contribution >= 4 is 22.9 Å². The SMILES string of the molecule is CN(CCC(=O)O)C(=O)CCCc1ccc2c(c1)ncn2C. The van der Waals surface area contributed by atoms with Gasteiger partial charge in [0.1, 0.15) is 0 Å². The highest BCUT2D eigenvalue weighted by Crippen LogP contribution is 2.15. The average molecular weight is 303 g/mol. The fourth-order valence-electron chi connectivity index (χ4n) is 2.36. The lowest BCUT2D eigenvalue weighted by Gasteiger charge is -2.15. The minimum absolute atomic E-state index is 0.0137. The Bertz CT molecular complexity index is 678. The quantitative estimate of drug-likeness (QED) is 0.846. The molecule has 6 nitrogen and oxygen atoms in total. The number of carboxylic acids is 1. The highest BCUT2D eigenvalue weighted by Gasteiger charge is 2.10. The summed E-state index contributed by atoms with van der Waals surface area (Å²) in [5.41, 5.74) is 3.21. The van der Waals surface area contributed by atoms with Crippen molar-refractivity contribution in [1.29, 1.82) is 0 Å². The van der Waals surface area contributed by atoms with E-state index in [4.69, 9.17) is 5.11 Å². The molecule has 0 saturated carbocycles. The molecule has 22 heavy (non-hydrogen) atoms. The zero-order chi connectivity index (χ0) is 16.1. The van der Waals surface area contributed by atoms with Gasteiger partial charge in [0.05, 0.1) is 23.8 Å². The lowest BCUT2D eigenvalue weighted by molar-refractivity contribution is -0.138. The number of carbonyl (C=O) groups excluding carboxylic acids is 1. The Labute approximate surface area is 129 Å². The molecule has 0 aliphatic carbocycles. The van der Waals surface area contributed by atoms with Gasteiger partial charge < -0.3 is 14.6 Å². The first-order valence-corrected chi connectivity index (χ1v) is 7.33. The zero-order valence-electron chi connectivity index (χ0n) is 13.0. The number of carboxylic acid groups (broad SMARTS) is 1. The Morgan fingerprint density at radius 3 is 2.82 bits per heavy atom. The molecule has 0 bridgehead atoms. The summed E-state index contributed by atoms with van der Waals surface area (Å²) < 4.78 is 1.97. The third kappa shape index (κ3) is 4.07. The van der Waals surface area contributed by atoms with Crippen LogP contribution in [-0.2, 0) is 23.1 Å². The number of aromatic nitrogens is 2. The van der Waals surface area contributed by atoms with Gasteiger partial charge in [-0.25, -0.2) is 4.98 Å². The molecule has 0 atom stereocenters. The van der Waals surface area contributed by atoms with Crippen LogP contribution in [0.25, 0.3) is 11.0 Å². The zero-order valence-corrected chi connectivity index (χ0v) is 13.0. The monoisotopic (exact) mass is 303 g/mol. The van der Waals surface area contributed by atoms with Crippen LogP contribution in [0.4, 0.5) is 0 Å². The second-order valence-corrected chi connectivity index (χ2v) is 5.49. The second kappa shape index (κ2) is 7.06. The topological polar surface area (TPSA) is 75.4 Å². The van der Waals surface area contributed by atoms with E-state index in [2.05, 4.69) is 11.1 Å². The summed E-state index contributed by atoms with van der Waals surface area (Å²) >= 11 is 0. The third-order valence-electron chi connectivity index (χ3n) is 3.73. The predicted molar refractivity (Wildman–Crippen MR) is 83.5 cm³/mol. The minimum Gasteiger partial charge on any atom is -0.481 e. The summed E-state index contributed by atoms with van der Waals surface area (Å²) in [5, 5.41) is 8.61. The summed E-state index contributed by atoms with van der Waals surface area (Å²) in [5.74, 6) is -0.900. The van der Waals surface area contributed by atoms with E-state index in [0.29, 0.717) is 6.42 Å². The Balaban J connectivity index is 1.81. The largest absolute Gasteiger partial charge is 0.481 e. The maximum absolute atomic E-state index is 11.9. The van der Waals surface area contributed by atoms with E-state index in [-0.39, 0.29) is 18.9 Å². The number of nitrogens with zero attached hydrogens (tertiary/aromatic N) is 3. The molecule has 0 fully saturated rings. The molecule has 118 valence electrons. The van der Waals surface area contributed by atoms with Gasteiger partial charge in [-0.2, -0.15) is 0 Å². The maximum Gasteiger partial charge on any atom is 0.305 e. The predicted octanol–water partition coefficient (Wildman–Crippen LogP) is 1.83. The highest BCUT2D eigenvalue weighted by atomic mass is 16.4.